The highest BCUT2D eigenvalue weighted by atomic mass is 15.2. The minimum atomic E-state index is 0.684. The van der Waals surface area contributed by atoms with Crippen LogP contribution in [0.15, 0.2) is 18.5 Å². The zero-order chi connectivity index (χ0) is 13.7. The number of anilines is 1. The van der Waals surface area contributed by atoms with E-state index in [0.717, 1.165) is 39.3 Å². The van der Waals surface area contributed by atoms with Crippen LogP contribution in [0.3, 0.4) is 0 Å². The highest BCUT2D eigenvalue weighted by molar-refractivity contribution is 5.52. The van der Waals surface area contributed by atoms with Gasteiger partial charge in [0.15, 0.2) is 0 Å². The molecule has 0 aromatic carbocycles. The second-order valence-electron chi connectivity index (χ2n) is 5.82. The molecule has 0 spiro atoms. The molecule has 1 fully saturated rings. The van der Waals surface area contributed by atoms with Crippen LogP contribution < -0.4 is 10.2 Å². The molecule has 0 saturated carbocycles. The smallest absolute Gasteiger partial charge is 0.0443 e. The van der Waals surface area contributed by atoms with Crippen molar-refractivity contribution in [3.8, 4) is 0 Å². The highest BCUT2D eigenvalue weighted by Gasteiger charge is 2.16. The third-order valence-electron chi connectivity index (χ3n) is 3.59. The zero-order valence-electron chi connectivity index (χ0n) is 12.4. The van der Waals surface area contributed by atoms with Gasteiger partial charge in [0.1, 0.15) is 0 Å². The minimum absolute atomic E-state index is 0.684. The Balaban J connectivity index is 1.99. The third kappa shape index (κ3) is 4.18. The monoisotopic (exact) mass is 262 g/mol. The van der Waals surface area contributed by atoms with E-state index in [-0.39, 0.29) is 0 Å². The van der Waals surface area contributed by atoms with Gasteiger partial charge in [0.25, 0.3) is 0 Å². The molecule has 1 N–H and O–H groups in total. The molecule has 0 amide bonds. The normalized spacial score (nSPS) is 17.2. The Bertz CT molecular complexity index is 383. The number of hydrogen-bond acceptors (Lipinski definition) is 4. The topological polar surface area (TPSA) is 31.4 Å². The summed E-state index contributed by atoms with van der Waals surface area (Å²) in [6.45, 7) is 10.9. The second kappa shape index (κ2) is 6.87. The fraction of sp³-hybridized carbons (Fsp3) is 0.667. The fourth-order valence-corrected chi connectivity index (χ4v) is 2.41. The summed E-state index contributed by atoms with van der Waals surface area (Å²) in [5, 5.41) is 3.51. The molecule has 0 radical (unpaired) electrons. The van der Waals surface area contributed by atoms with E-state index in [1.807, 2.05) is 12.4 Å². The molecule has 0 unspecified atom stereocenters. The van der Waals surface area contributed by atoms with E-state index in [9.17, 15) is 0 Å². The Morgan fingerprint density at radius 1 is 1.26 bits per heavy atom. The van der Waals surface area contributed by atoms with Crippen LogP contribution in [0.4, 0.5) is 5.69 Å². The number of piperazine rings is 1. The van der Waals surface area contributed by atoms with Crippen LogP contribution in [0.1, 0.15) is 19.4 Å². The lowest BCUT2D eigenvalue weighted by molar-refractivity contribution is 0.312. The molecule has 0 atom stereocenters. The van der Waals surface area contributed by atoms with Crippen molar-refractivity contribution >= 4 is 5.69 Å². The van der Waals surface area contributed by atoms with E-state index in [0.29, 0.717) is 5.92 Å². The Hall–Kier alpha value is -1.13. The summed E-state index contributed by atoms with van der Waals surface area (Å²) in [6.07, 6.45) is 3.90. The minimum Gasteiger partial charge on any atom is -0.369 e. The molecule has 1 aromatic rings. The largest absolute Gasteiger partial charge is 0.369 e. The van der Waals surface area contributed by atoms with Crippen LogP contribution >= 0.6 is 0 Å². The SMILES string of the molecule is CC(C)CNCc1cnccc1N1CCN(C)CC1. The molecule has 1 saturated heterocycles. The van der Waals surface area contributed by atoms with E-state index in [1.54, 1.807) is 0 Å². The van der Waals surface area contributed by atoms with Crippen molar-refractivity contribution in [3.05, 3.63) is 24.0 Å². The van der Waals surface area contributed by atoms with Crippen molar-refractivity contribution in [1.29, 1.82) is 0 Å². The number of pyridine rings is 1. The average molecular weight is 262 g/mol. The number of rotatable bonds is 5. The molecule has 0 bridgehead atoms. The second-order valence-corrected chi connectivity index (χ2v) is 5.82. The summed E-state index contributed by atoms with van der Waals surface area (Å²) in [7, 11) is 2.19. The quantitative estimate of drug-likeness (QED) is 0.873. The maximum atomic E-state index is 4.28. The van der Waals surface area contributed by atoms with Gasteiger partial charge in [-0.2, -0.15) is 0 Å². The molecule has 0 aliphatic carbocycles. The molecule has 1 aliphatic heterocycles. The van der Waals surface area contributed by atoms with Crippen molar-refractivity contribution in [2.24, 2.45) is 5.92 Å². The molecular formula is C15H26N4. The summed E-state index contributed by atoms with van der Waals surface area (Å²) in [6, 6.07) is 2.15. The fourth-order valence-electron chi connectivity index (χ4n) is 2.41. The predicted octanol–water partition coefficient (Wildman–Crippen LogP) is 1.58. The molecule has 2 heterocycles. The van der Waals surface area contributed by atoms with Gasteiger partial charge >= 0.3 is 0 Å². The first-order valence-electron chi connectivity index (χ1n) is 7.24. The van der Waals surface area contributed by atoms with Gasteiger partial charge in [0, 0.05) is 56.4 Å². The molecule has 106 valence electrons. The van der Waals surface area contributed by atoms with E-state index in [1.165, 1.54) is 11.3 Å². The molecule has 4 nitrogen and oxygen atoms in total. The number of likely N-dealkylation sites (N-methyl/N-ethyl adjacent to an activating group) is 1. The molecule has 4 heteroatoms. The van der Waals surface area contributed by atoms with Gasteiger partial charge in [0.2, 0.25) is 0 Å². The molecule has 19 heavy (non-hydrogen) atoms. The van der Waals surface area contributed by atoms with Crippen molar-refractivity contribution in [3.63, 3.8) is 0 Å². The first kappa shape index (κ1) is 14.3. The molecule has 1 aliphatic rings. The van der Waals surface area contributed by atoms with Gasteiger partial charge in [-0.3, -0.25) is 4.98 Å². The summed E-state index contributed by atoms with van der Waals surface area (Å²) in [5.41, 5.74) is 2.66. The number of aromatic nitrogens is 1. The highest BCUT2D eigenvalue weighted by Crippen LogP contribution is 2.20. The lowest BCUT2D eigenvalue weighted by Gasteiger charge is -2.35. The molecule has 2 rings (SSSR count). The summed E-state index contributed by atoms with van der Waals surface area (Å²) in [4.78, 5) is 9.14. The number of hydrogen-bond donors (Lipinski definition) is 1. The van der Waals surface area contributed by atoms with E-state index in [4.69, 9.17) is 0 Å². The van der Waals surface area contributed by atoms with Gasteiger partial charge in [-0.25, -0.2) is 0 Å². The van der Waals surface area contributed by atoms with Gasteiger partial charge < -0.3 is 15.1 Å². The van der Waals surface area contributed by atoms with Crippen LogP contribution in [0.5, 0.6) is 0 Å². The standard InChI is InChI=1S/C15H26N4/c1-13(2)10-17-12-14-11-16-5-4-15(14)19-8-6-18(3)7-9-19/h4-5,11,13,17H,6-10,12H2,1-3H3. The lowest BCUT2D eigenvalue weighted by atomic mass is 10.1. The van der Waals surface area contributed by atoms with Crippen molar-refractivity contribution in [2.45, 2.75) is 20.4 Å². The Kier molecular flexibility index (Phi) is 5.16. The Labute approximate surface area is 116 Å². The van der Waals surface area contributed by atoms with Gasteiger partial charge in [-0.15, -0.1) is 0 Å². The first-order chi connectivity index (χ1) is 9.16. The van der Waals surface area contributed by atoms with Gasteiger partial charge in [-0.1, -0.05) is 13.8 Å². The number of nitrogens with zero attached hydrogens (tertiary/aromatic N) is 3. The van der Waals surface area contributed by atoms with Crippen LogP contribution in [-0.2, 0) is 6.54 Å². The van der Waals surface area contributed by atoms with Crippen LogP contribution in [-0.4, -0.2) is 49.7 Å². The molecule has 1 aromatic heterocycles. The Morgan fingerprint density at radius 3 is 2.68 bits per heavy atom. The van der Waals surface area contributed by atoms with Gasteiger partial charge in [-0.05, 0) is 25.6 Å². The first-order valence-corrected chi connectivity index (χ1v) is 7.24. The van der Waals surface area contributed by atoms with E-state index in [2.05, 4.69) is 47.1 Å². The maximum Gasteiger partial charge on any atom is 0.0443 e. The summed E-state index contributed by atoms with van der Waals surface area (Å²) >= 11 is 0. The van der Waals surface area contributed by atoms with Crippen LogP contribution in [0, 0.1) is 5.92 Å². The van der Waals surface area contributed by atoms with E-state index >= 15 is 0 Å². The van der Waals surface area contributed by atoms with Crippen molar-refractivity contribution < 1.29 is 0 Å². The zero-order valence-corrected chi connectivity index (χ0v) is 12.4. The lowest BCUT2D eigenvalue weighted by Crippen LogP contribution is -2.45. The van der Waals surface area contributed by atoms with Gasteiger partial charge in [0.05, 0.1) is 0 Å². The van der Waals surface area contributed by atoms with Crippen molar-refractivity contribution in [2.75, 3.05) is 44.7 Å². The Morgan fingerprint density at radius 2 is 2.00 bits per heavy atom. The third-order valence-corrected chi connectivity index (χ3v) is 3.59. The maximum absolute atomic E-state index is 4.28. The molecular weight excluding hydrogens is 236 g/mol. The van der Waals surface area contributed by atoms with Crippen LogP contribution in [0.25, 0.3) is 0 Å². The van der Waals surface area contributed by atoms with Crippen LogP contribution in [0.2, 0.25) is 0 Å². The predicted molar refractivity (Wildman–Crippen MR) is 80.5 cm³/mol. The number of nitrogens with one attached hydrogen (secondary N) is 1. The summed E-state index contributed by atoms with van der Waals surface area (Å²) in [5.74, 6) is 0.684. The van der Waals surface area contributed by atoms with Crippen molar-refractivity contribution in [1.82, 2.24) is 15.2 Å². The average Bonchev–Trinajstić information content (AvgIpc) is 2.40. The summed E-state index contributed by atoms with van der Waals surface area (Å²) < 4.78 is 0. The van der Waals surface area contributed by atoms with E-state index < -0.39 is 0 Å².